The minimum Gasteiger partial charge on any atom is -0.365 e. The van der Waals surface area contributed by atoms with Crippen LogP contribution in [0.3, 0.4) is 0 Å². The van der Waals surface area contributed by atoms with E-state index in [1.807, 2.05) is 19.9 Å². The molecule has 1 saturated carbocycles. The number of aromatic nitrogens is 5. The topological polar surface area (TPSA) is 81.0 Å². The summed E-state index contributed by atoms with van der Waals surface area (Å²) in [4.78, 5) is 15.5. The van der Waals surface area contributed by atoms with Gasteiger partial charge >= 0.3 is 0 Å². The molecule has 2 aromatic heterocycles. The van der Waals surface area contributed by atoms with E-state index in [0.29, 0.717) is 43.2 Å². The zero-order valence-electron chi connectivity index (χ0n) is 20.0. The number of aryl methyl sites for hydroxylation is 2. The van der Waals surface area contributed by atoms with Crippen molar-refractivity contribution < 1.29 is 17.9 Å². The molecule has 0 amide bonds. The van der Waals surface area contributed by atoms with Crippen molar-refractivity contribution in [3.05, 3.63) is 70.7 Å². The number of anilines is 2. The van der Waals surface area contributed by atoms with E-state index < -0.39 is 23.6 Å². The fraction of sp³-hybridized carbons (Fsp3) is 0.440. The monoisotopic (exact) mass is 497 g/mol. The third-order valence-corrected chi connectivity index (χ3v) is 7.39. The maximum Gasteiger partial charge on any atom is 0.242 e. The van der Waals surface area contributed by atoms with Crippen LogP contribution in [0.25, 0.3) is 0 Å². The number of nitrogens with one attached hydrogen (secondary N) is 1. The van der Waals surface area contributed by atoms with E-state index in [0.717, 1.165) is 30.7 Å². The molecular formula is C25H26F3N7O. The lowest BCUT2D eigenvalue weighted by Gasteiger charge is -2.42. The highest BCUT2D eigenvalue weighted by molar-refractivity contribution is 5.49. The summed E-state index contributed by atoms with van der Waals surface area (Å²) in [5.74, 6) is -1.57. The number of fused-ring (bicyclic) bond motifs is 2. The van der Waals surface area contributed by atoms with Crippen LogP contribution in [0, 0.1) is 36.2 Å². The lowest BCUT2D eigenvalue weighted by molar-refractivity contribution is 0.0780. The number of rotatable bonds is 4. The Morgan fingerprint density at radius 2 is 2.00 bits per heavy atom. The molecule has 1 saturated heterocycles. The molecule has 11 heteroatoms. The summed E-state index contributed by atoms with van der Waals surface area (Å²) in [6.07, 6.45) is 3.38. The van der Waals surface area contributed by atoms with Gasteiger partial charge in [-0.3, -0.25) is 0 Å². The van der Waals surface area contributed by atoms with Crippen molar-refractivity contribution in [2.75, 3.05) is 29.9 Å². The molecule has 0 radical (unpaired) electrons. The fourth-order valence-electron chi connectivity index (χ4n) is 5.64. The average molecular weight is 498 g/mol. The predicted molar refractivity (Wildman–Crippen MR) is 126 cm³/mol. The van der Waals surface area contributed by atoms with Crippen LogP contribution in [0.5, 0.6) is 0 Å². The molecular weight excluding hydrogens is 471 g/mol. The Morgan fingerprint density at radius 1 is 1.14 bits per heavy atom. The van der Waals surface area contributed by atoms with Gasteiger partial charge in [0.1, 0.15) is 18.2 Å². The van der Waals surface area contributed by atoms with Gasteiger partial charge in [-0.2, -0.15) is 4.98 Å². The molecule has 6 rings (SSSR count). The van der Waals surface area contributed by atoms with Crippen molar-refractivity contribution in [3.63, 3.8) is 0 Å². The highest BCUT2D eigenvalue weighted by Gasteiger charge is 2.51. The lowest BCUT2D eigenvalue weighted by atomic mass is 9.67. The van der Waals surface area contributed by atoms with Gasteiger partial charge in [-0.1, -0.05) is 6.08 Å². The summed E-state index contributed by atoms with van der Waals surface area (Å²) in [7, 11) is 0. The molecule has 1 aromatic carbocycles. The molecule has 1 N–H and O–H groups in total. The van der Waals surface area contributed by atoms with E-state index in [4.69, 9.17) is 4.74 Å². The summed E-state index contributed by atoms with van der Waals surface area (Å²) < 4.78 is 49.6. The maximum absolute atomic E-state index is 14.6. The van der Waals surface area contributed by atoms with E-state index in [-0.39, 0.29) is 11.6 Å². The van der Waals surface area contributed by atoms with Crippen molar-refractivity contribution in [1.82, 2.24) is 24.7 Å². The molecule has 2 fully saturated rings. The number of halogens is 3. The number of ether oxygens (including phenoxy) is 1. The molecule has 188 valence electrons. The zero-order valence-corrected chi connectivity index (χ0v) is 20.0. The van der Waals surface area contributed by atoms with Crippen LogP contribution in [0.1, 0.15) is 36.5 Å². The largest absolute Gasteiger partial charge is 0.365 e. The van der Waals surface area contributed by atoms with Crippen LogP contribution in [-0.4, -0.2) is 50.5 Å². The van der Waals surface area contributed by atoms with Crippen molar-refractivity contribution >= 4 is 11.8 Å². The third kappa shape index (κ3) is 3.73. The molecule has 0 spiro atoms. The smallest absolute Gasteiger partial charge is 0.242 e. The van der Waals surface area contributed by atoms with Gasteiger partial charge in [-0.05, 0) is 38.0 Å². The van der Waals surface area contributed by atoms with Crippen molar-refractivity contribution in [1.29, 1.82) is 0 Å². The Hall–Kier alpha value is -3.47. The quantitative estimate of drug-likeness (QED) is 0.434. The first-order valence-electron chi connectivity index (χ1n) is 12.1. The first-order valence-corrected chi connectivity index (χ1v) is 12.1. The number of allylic oxidation sites excluding steroid dienone is 1. The summed E-state index contributed by atoms with van der Waals surface area (Å²) in [5.41, 5.74) is 2.12. The van der Waals surface area contributed by atoms with Crippen LogP contribution in [-0.2, 0) is 11.3 Å². The van der Waals surface area contributed by atoms with Gasteiger partial charge in [0.2, 0.25) is 5.95 Å². The maximum atomic E-state index is 14.6. The van der Waals surface area contributed by atoms with Crippen LogP contribution < -0.4 is 10.2 Å². The van der Waals surface area contributed by atoms with E-state index in [1.165, 1.54) is 11.6 Å². The number of hydrogen-bond acceptors (Lipinski definition) is 7. The molecule has 4 atom stereocenters. The van der Waals surface area contributed by atoms with Gasteiger partial charge < -0.3 is 15.0 Å². The second-order valence-electron chi connectivity index (χ2n) is 9.49. The lowest BCUT2D eigenvalue weighted by Crippen LogP contribution is -2.48. The standard InChI is InChI=1S/C25H26F3N7O/c1-3-14-16-10-34(19-9-13(2)29-12-30-19)11-17(16)22(14)31-25-32-24-23(36-8-4-7-35(24)33-25)15-5-6-18(26)21(28)20(15)27/h3,5-6,9,12,16-17,22-23H,4,7-8,10-11H2,1-2H3,(H,31,33)/b14-3+/t16?,17-,22-,23-/m1/s1. The average Bonchev–Trinajstić information content (AvgIpc) is 3.39. The van der Waals surface area contributed by atoms with Crippen molar-refractivity contribution in [2.45, 2.75) is 39.0 Å². The van der Waals surface area contributed by atoms with Gasteiger partial charge in [-0.15, -0.1) is 5.10 Å². The minimum absolute atomic E-state index is 0.0546. The highest BCUT2D eigenvalue weighted by Crippen LogP contribution is 2.47. The Morgan fingerprint density at radius 3 is 2.81 bits per heavy atom. The summed E-state index contributed by atoms with van der Waals surface area (Å²) in [6, 6.07) is 4.15. The molecule has 1 unspecified atom stereocenters. The van der Waals surface area contributed by atoms with Crippen molar-refractivity contribution in [3.8, 4) is 0 Å². The molecule has 2 aliphatic heterocycles. The Balaban J connectivity index is 1.25. The molecule has 3 aromatic rings. The summed E-state index contributed by atoms with van der Waals surface area (Å²) >= 11 is 0. The van der Waals surface area contributed by atoms with Crippen molar-refractivity contribution in [2.24, 2.45) is 11.8 Å². The minimum atomic E-state index is -1.52. The van der Waals surface area contributed by atoms with Crippen LogP contribution in [0.4, 0.5) is 24.9 Å². The third-order valence-electron chi connectivity index (χ3n) is 7.39. The fourth-order valence-corrected chi connectivity index (χ4v) is 5.64. The van der Waals surface area contributed by atoms with E-state index in [9.17, 15) is 13.2 Å². The second-order valence-corrected chi connectivity index (χ2v) is 9.49. The molecule has 3 aliphatic rings. The first kappa shape index (κ1) is 23.0. The van der Waals surface area contributed by atoms with Crippen LogP contribution >= 0.6 is 0 Å². The highest BCUT2D eigenvalue weighted by atomic mass is 19.2. The molecule has 0 bridgehead atoms. The van der Waals surface area contributed by atoms with Gasteiger partial charge in [0.05, 0.1) is 6.04 Å². The predicted octanol–water partition coefficient (Wildman–Crippen LogP) is 3.80. The Labute approximate surface area is 206 Å². The number of nitrogens with zero attached hydrogens (tertiary/aromatic N) is 6. The van der Waals surface area contributed by atoms with Gasteiger partial charge in [0, 0.05) is 55.4 Å². The molecule has 8 nitrogen and oxygen atoms in total. The SMILES string of the molecule is C/C=C1\C2CN(c3cc(C)ncn3)C[C@H]2[C@@H]1Nc1nc2n(n1)CCCO[C@@H]2c1ccc(F)c(F)c1F. The van der Waals surface area contributed by atoms with Gasteiger partial charge in [-0.25, -0.2) is 27.8 Å². The van der Waals surface area contributed by atoms with E-state index in [2.05, 4.69) is 36.3 Å². The summed E-state index contributed by atoms with van der Waals surface area (Å²) in [5, 5.41) is 8.08. The van der Waals surface area contributed by atoms with E-state index >= 15 is 0 Å². The van der Waals surface area contributed by atoms with Crippen LogP contribution in [0.2, 0.25) is 0 Å². The summed E-state index contributed by atoms with van der Waals surface area (Å²) in [6.45, 7) is 6.57. The Bertz CT molecular complexity index is 1340. The Kier molecular flexibility index (Phi) is 5.66. The molecule has 1 aliphatic carbocycles. The first-order chi connectivity index (χ1) is 17.4. The second kappa shape index (κ2) is 8.88. The normalized spacial score (nSPS) is 26.4. The van der Waals surface area contributed by atoms with Gasteiger partial charge in [0.15, 0.2) is 23.3 Å². The van der Waals surface area contributed by atoms with Gasteiger partial charge in [0.25, 0.3) is 0 Å². The molecule has 4 heterocycles. The van der Waals surface area contributed by atoms with Crippen LogP contribution in [0.15, 0.2) is 36.2 Å². The number of hydrogen-bond donors (Lipinski definition) is 1. The molecule has 36 heavy (non-hydrogen) atoms. The number of benzene rings is 1. The zero-order chi connectivity index (χ0) is 25.0. The van der Waals surface area contributed by atoms with E-state index in [1.54, 1.807) is 11.0 Å².